The van der Waals surface area contributed by atoms with Crippen LogP contribution in [-0.2, 0) is 0 Å². The van der Waals surface area contributed by atoms with Crippen molar-refractivity contribution in [2.75, 3.05) is 26.2 Å². The summed E-state index contributed by atoms with van der Waals surface area (Å²) >= 11 is 0. The predicted molar refractivity (Wildman–Crippen MR) is 76.3 cm³/mol. The second kappa shape index (κ2) is 6.19. The zero-order valence-corrected chi connectivity index (χ0v) is 12.7. The minimum Gasteiger partial charge on any atom is -0.314 e. The van der Waals surface area contributed by atoms with Gasteiger partial charge in [0.2, 0.25) is 0 Å². The Labute approximate surface area is 108 Å². The van der Waals surface area contributed by atoms with Gasteiger partial charge < -0.3 is 10.2 Å². The summed E-state index contributed by atoms with van der Waals surface area (Å²) in [7, 11) is 0. The quantitative estimate of drug-likeness (QED) is 0.812. The molecule has 1 rings (SSSR count). The summed E-state index contributed by atoms with van der Waals surface area (Å²) in [5, 5.41) is 3.61. The first-order valence-electron chi connectivity index (χ1n) is 7.30. The lowest BCUT2D eigenvalue weighted by Gasteiger charge is -2.40. The van der Waals surface area contributed by atoms with Gasteiger partial charge in [-0.15, -0.1) is 0 Å². The molecule has 1 aliphatic heterocycles. The normalized spacial score (nSPS) is 29.3. The predicted octanol–water partition coefficient (Wildman–Crippen LogP) is 2.99. The van der Waals surface area contributed by atoms with Crippen molar-refractivity contribution >= 4 is 0 Å². The van der Waals surface area contributed by atoms with Gasteiger partial charge in [-0.05, 0) is 36.8 Å². The molecule has 0 aromatic carbocycles. The maximum atomic E-state index is 3.61. The Balaban J connectivity index is 2.39. The fraction of sp³-hybridized carbons (Fsp3) is 1.00. The van der Waals surface area contributed by atoms with Crippen molar-refractivity contribution in [1.29, 1.82) is 0 Å². The molecule has 0 aromatic heterocycles. The van der Waals surface area contributed by atoms with Crippen LogP contribution in [0.25, 0.3) is 0 Å². The van der Waals surface area contributed by atoms with Crippen molar-refractivity contribution in [3.05, 3.63) is 0 Å². The summed E-state index contributed by atoms with van der Waals surface area (Å²) in [6.45, 7) is 18.9. The van der Waals surface area contributed by atoms with Crippen LogP contribution in [0.2, 0.25) is 0 Å². The van der Waals surface area contributed by atoms with Crippen molar-refractivity contribution in [2.24, 2.45) is 17.3 Å². The number of likely N-dealkylation sites (tertiary alicyclic amines) is 1. The lowest BCUT2D eigenvalue weighted by molar-refractivity contribution is 0.102. The van der Waals surface area contributed by atoms with Gasteiger partial charge in [0, 0.05) is 19.1 Å². The molecule has 17 heavy (non-hydrogen) atoms. The molecule has 1 saturated heterocycles. The van der Waals surface area contributed by atoms with Crippen molar-refractivity contribution in [1.82, 2.24) is 10.2 Å². The molecular weight excluding hydrogens is 208 g/mol. The average Bonchev–Trinajstić information content (AvgIpc) is 2.21. The van der Waals surface area contributed by atoms with Crippen LogP contribution in [0.1, 0.15) is 48.0 Å². The number of rotatable bonds is 4. The first-order chi connectivity index (χ1) is 7.84. The average molecular weight is 240 g/mol. The second-order valence-electron chi connectivity index (χ2n) is 6.96. The Hall–Kier alpha value is -0.0800. The Morgan fingerprint density at radius 3 is 2.47 bits per heavy atom. The Kier molecular flexibility index (Phi) is 5.46. The maximum absolute atomic E-state index is 3.61. The number of nitrogens with zero attached hydrogens (tertiary/aromatic N) is 1. The second-order valence-corrected chi connectivity index (χ2v) is 6.96. The molecular formula is C15H32N2. The largest absolute Gasteiger partial charge is 0.314 e. The molecule has 1 aliphatic rings. The Morgan fingerprint density at radius 1 is 1.35 bits per heavy atom. The minimum absolute atomic E-state index is 0.432. The summed E-state index contributed by atoms with van der Waals surface area (Å²) in [6, 6.07) is 0.737. The highest BCUT2D eigenvalue weighted by Gasteiger charge is 2.28. The monoisotopic (exact) mass is 240 g/mol. The molecule has 1 N–H and O–H groups in total. The van der Waals surface area contributed by atoms with E-state index in [1.165, 1.54) is 26.1 Å². The Morgan fingerprint density at radius 2 is 2.00 bits per heavy atom. The first-order valence-corrected chi connectivity index (χ1v) is 7.30. The SMILES string of the molecule is CCNC1CCN(CC(C)C(C)(C)C)CC1C. The van der Waals surface area contributed by atoms with Crippen LogP contribution in [0, 0.1) is 17.3 Å². The van der Waals surface area contributed by atoms with Crippen LogP contribution in [0.3, 0.4) is 0 Å². The van der Waals surface area contributed by atoms with Crippen LogP contribution in [0.15, 0.2) is 0 Å². The molecule has 0 bridgehead atoms. The van der Waals surface area contributed by atoms with Gasteiger partial charge in [0.1, 0.15) is 0 Å². The van der Waals surface area contributed by atoms with Crippen molar-refractivity contribution in [3.63, 3.8) is 0 Å². The molecule has 2 nitrogen and oxygen atoms in total. The first kappa shape index (κ1) is 15.0. The highest BCUT2D eigenvalue weighted by Crippen LogP contribution is 2.27. The molecule has 0 aliphatic carbocycles. The molecule has 0 saturated carbocycles. The van der Waals surface area contributed by atoms with E-state index in [9.17, 15) is 0 Å². The maximum Gasteiger partial charge on any atom is 0.0117 e. The molecule has 0 spiro atoms. The minimum atomic E-state index is 0.432. The fourth-order valence-electron chi connectivity index (χ4n) is 2.62. The summed E-state index contributed by atoms with van der Waals surface area (Å²) in [4.78, 5) is 2.66. The molecule has 102 valence electrons. The van der Waals surface area contributed by atoms with Gasteiger partial charge in [0.25, 0.3) is 0 Å². The van der Waals surface area contributed by atoms with E-state index in [4.69, 9.17) is 0 Å². The number of hydrogen-bond donors (Lipinski definition) is 1. The van der Waals surface area contributed by atoms with Gasteiger partial charge in [-0.25, -0.2) is 0 Å². The van der Waals surface area contributed by atoms with Gasteiger partial charge in [0.05, 0.1) is 0 Å². The van der Waals surface area contributed by atoms with E-state index < -0.39 is 0 Å². The molecule has 1 heterocycles. The van der Waals surface area contributed by atoms with Gasteiger partial charge in [-0.1, -0.05) is 41.5 Å². The van der Waals surface area contributed by atoms with Crippen molar-refractivity contribution in [2.45, 2.75) is 54.0 Å². The third-order valence-corrected chi connectivity index (χ3v) is 4.47. The summed E-state index contributed by atoms with van der Waals surface area (Å²) in [5.41, 5.74) is 0.432. The van der Waals surface area contributed by atoms with E-state index in [2.05, 4.69) is 51.8 Å². The lowest BCUT2D eigenvalue weighted by Crippen LogP contribution is -2.49. The number of nitrogens with one attached hydrogen (secondary N) is 1. The van der Waals surface area contributed by atoms with Gasteiger partial charge >= 0.3 is 0 Å². The van der Waals surface area contributed by atoms with E-state index in [0.29, 0.717) is 5.41 Å². The van der Waals surface area contributed by atoms with Crippen LogP contribution < -0.4 is 5.32 Å². The molecule has 0 radical (unpaired) electrons. The van der Waals surface area contributed by atoms with Gasteiger partial charge in [0.15, 0.2) is 0 Å². The highest BCUT2D eigenvalue weighted by atomic mass is 15.1. The van der Waals surface area contributed by atoms with Crippen LogP contribution in [0.4, 0.5) is 0 Å². The summed E-state index contributed by atoms with van der Waals surface area (Å²) in [5.74, 6) is 1.56. The zero-order chi connectivity index (χ0) is 13.1. The molecule has 3 atom stereocenters. The molecule has 2 heteroatoms. The highest BCUT2D eigenvalue weighted by molar-refractivity contribution is 4.84. The standard InChI is InChI=1S/C15H32N2/c1-7-16-14-8-9-17(10-12(14)2)11-13(3)15(4,5)6/h12-14,16H,7-11H2,1-6H3. The zero-order valence-electron chi connectivity index (χ0n) is 12.7. The third-order valence-electron chi connectivity index (χ3n) is 4.47. The Bertz CT molecular complexity index is 219. The third kappa shape index (κ3) is 4.59. The van der Waals surface area contributed by atoms with E-state index in [1.807, 2.05) is 0 Å². The van der Waals surface area contributed by atoms with Gasteiger partial charge in [-0.3, -0.25) is 0 Å². The summed E-state index contributed by atoms with van der Waals surface area (Å²) < 4.78 is 0. The summed E-state index contributed by atoms with van der Waals surface area (Å²) in [6.07, 6.45) is 1.31. The van der Waals surface area contributed by atoms with Gasteiger partial charge in [-0.2, -0.15) is 0 Å². The van der Waals surface area contributed by atoms with E-state index in [1.54, 1.807) is 0 Å². The van der Waals surface area contributed by atoms with E-state index in [-0.39, 0.29) is 0 Å². The van der Waals surface area contributed by atoms with Crippen molar-refractivity contribution < 1.29 is 0 Å². The molecule has 0 amide bonds. The molecule has 1 fully saturated rings. The number of hydrogen-bond acceptors (Lipinski definition) is 2. The van der Waals surface area contributed by atoms with Crippen LogP contribution in [-0.4, -0.2) is 37.1 Å². The van der Waals surface area contributed by atoms with Crippen LogP contribution >= 0.6 is 0 Å². The van der Waals surface area contributed by atoms with Crippen molar-refractivity contribution in [3.8, 4) is 0 Å². The van der Waals surface area contributed by atoms with E-state index in [0.717, 1.165) is 24.4 Å². The smallest absolute Gasteiger partial charge is 0.0117 e. The lowest BCUT2D eigenvalue weighted by atomic mass is 9.81. The van der Waals surface area contributed by atoms with Crippen LogP contribution in [0.5, 0.6) is 0 Å². The number of piperidine rings is 1. The molecule has 3 unspecified atom stereocenters. The fourth-order valence-corrected chi connectivity index (χ4v) is 2.62. The molecule has 0 aromatic rings. The topological polar surface area (TPSA) is 15.3 Å². The van der Waals surface area contributed by atoms with E-state index >= 15 is 0 Å².